The Labute approximate surface area is 174 Å². The Kier molecular flexibility index (Phi) is 6.70. The maximum absolute atomic E-state index is 12.3. The van der Waals surface area contributed by atoms with E-state index in [2.05, 4.69) is 10.2 Å². The molecular formula is C23H35N3O3. The Morgan fingerprint density at radius 3 is 1.93 bits per heavy atom. The molecule has 3 rings (SSSR count). The van der Waals surface area contributed by atoms with Crippen LogP contribution < -0.4 is 10.2 Å². The number of amides is 2. The molecule has 2 aliphatic heterocycles. The number of hydrogen-bond acceptors (Lipinski definition) is 4. The number of carbonyl (C=O) groups excluding carboxylic acids is 2. The van der Waals surface area contributed by atoms with Crippen molar-refractivity contribution in [1.82, 2.24) is 10.2 Å². The maximum Gasteiger partial charge on any atom is 0.410 e. The minimum absolute atomic E-state index is 0.0482. The van der Waals surface area contributed by atoms with E-state index in [0.717, 1.165) is 44.9 Å². The third-order valence-corrected chi connectivity index (χ3v) is 6.12. The average molecular weight is 402 g/mol. The summed E-state index contributed by atoms with van der Waals surface area (Å²) in [6.07, 6.45) is 4.35. The lowest BCUT2D eigenvalue weighted by molar-refractivity contribution is 0.0152. The first-order chi connectivity index (χ1) is 13.8. The molecule has 2 fully saturated rings. The molecule has 1 aromatic rings. The van der Waals surface area contributed by atoms with Crippen LogP contribution in [0.15, 0.2) is 24.3 Å². The van der Waals surface area contributed by atoms with Crippen LogP contribution in [0.1, 0.15) is 56.8 Å². The van der Waals surface area contributed by atoms with E-state index in [4.69, 9.17) is 4.74 Å². The first-order valence-electron chi connectivity index (χ1n) is 10.8. The first kappa shape index (κ1) is 21.5. The van der Waals surface area contributed by atoms with E-state index in [0.29, 0.717) is 11.5 Å². The van der Waals surface area contributed by atoms with Gasteiger partial charge in [0.1, 0.15) is 5.60 Å². The van der Waals surface area contributed by atoms with Crippen LogP contribution in [0.2, 0.25) is 0 Å². The van der Waals surface area contributed by atoms with Gasteiger partial charge in [-0.25, -0.2) is 4.79 Å². The summed E-state index contributed by atoms with van der Waals surface area (Å²) in [5.74, 6) is 1.39. The molecule has 0 bridgehead atoms. The van der Waals surface area contributed by atoms with Crippen LogP contribution in [0.5, 0.6) is 0 Å². The van der Waals surface area contributed by atoms with Gasteiger partial charge in [-0.2, -0.15) is 0 Å². The molecule has 2 aliphatic rings. The lowest BCUT2D eigenvalue weighted by atomic mass is 9.79. The monoisotopic (exact) mass is 401 g/mol. The molecule has 160 valence electrons. The molecule has 0 unspecified atom stereocenters. The molecule has 0 aliphatic carbocycles. The molecule has 0 atom stereocenters. The summed E-state index contributed by atoms with van der Waals surface area (Å²) in [6.45, 7) is 9.46. The van der Waals surface area contributed by atoms with Gasteiger partial charge in [-0.3, -0.25) is 4.79 Å². The molecule has 0 saturated carbocycles. The van der Waals surface area contributed by atoms with E-state index in [-0.39, 0.29) is 12.0 Å². The molecule has 2 saturated heterocycles. The molecule has 2 heterocycles. The topological polar surface area (TPSA) is 61.9 Å². The highest BCUT2D eigenvalue weighted by Crippen LogP contribution is 2.34. The number of hydrogen-bond donors (Lipinski definition) is 1. The molecule has 0 radical (unpaired) electrons. The fourth-order valence-corrected chi connectivity index (χ4v) is 4.48. The minimum atomic E-state index is -0.431. The van der Waals surface area contributed by atoms with Crippen molar-refractivity contribution < 1.29 is 14.3 Å². The summed E-state index contributed by atoms with van der Waals surface area (Å²) < 4.78 is 5.51. The molecule has 0 spiro atoms. The van der Waals surface area contributed by atoms with Crippen LogP contribution in [0, 0.1) is 11.8 Å². The van der Waals surface area contributed by atoms with E-state index >= 15 is 0 Å². The van der Waals surface area contributed by atoms with Gasteiger partial charge in [0, 0.05) is 44.5 Å². The van der Waals surface area contributed by atoms with Gasteiger partial charge in [-0.15, -0.1) is 0 Å². The van der Waals surface area contributed by atoms with Crippen molar-refractivity contribution in [3.8, 4) is 0 Å². The van der Waals surface area contributed by atoms with Crippen LogP contribution in [-0.4, -0.2) is 55.7 Å². The second-order valence-electron chi connectivity index (χ2n) is 9.26. The number of ether oxygens (including phenoxy) is 1. The standard InChI is InChI=1S/C23H35N3O3/c1-23(2,3)29-22(28)26-15-11-18(12-16-26)17-9-13-25(14-10-17)20-7-5-19(6-8-20)21(27)24-4/h5-8,17-18H,9-16H2,1-4H3,(H,24,27). The highest BCUT2D eigenvalue weighted by Gasteiger charge is 2.32. The van der Waals surface area contributed by atoms with Crippen molar-refractivity contribution in [3.63, 3.8) is 0 Å². The van der Waals surface area contributed by atoms with E-state index < -0.39 is 5.60 Å². The van der Waals surface area contributed by atoms with Crippen LogP contribution in [0.3, 0.4) is 0 Å². The second-order valence-corrected chi connectivity index (χ2v) is 9.26. The van der Waals surface area contributed by atoms with Crippen LogP contribution in [0.25, 0.3) is 0 Å². The maximum atomic E-state index is 12.3. The van der Waals surface area contributed by atoms with Crippen LogP contribution in [0.4, 0.5) is 10.5 Å². The Morgan fingerprint density at radius 2 is 1.45 bits per heavy atom. The zero-order valence-electron chi connectivity index (χ0n) is 18.2. The largest absolute Gasteiger partial charge is 0.444 e. The van der Waals surface area contributed by atoms with E-state index in [1.807, 2.05) is 49.9 Å². The lowest BCUT2D eigenvalue weighted by Gasteiger charge is -2.41. The summed E-state index contributed by atoms with van der Waals surface area (Å²) in [5.41, 5.74) is 1.46. The number of nitrogens with zero attached hydrogens (tertiary/aromatic N) is 2. The predicted octanol–water partition coefficient (Wildman–Crippen LogP) is 3.91. The first-order valence-corrected chi connectivity index (χ1v) is 10.8. The number of rotatable bonds is 3. The van der Waals surface area contributed by atoms with Gasteiger partial charge in [0.2, 0.25) is 0 Å². The number of carbonyl (C=O) groups is 2. The minimum Gasteiger partial charge on any atom is -0.444 e. The summed E-state index contributed by atoms with van der Waals surface area (Å²) in [4.78, 5) is 28.2. The average Bonchev–Trinajstić information content (AvgIpc) is 2.72. The molecule has 0 aromatic heterocycles. The highest BCUT2D eigenvalue weighted by molar-refractivity contribution is 5.94. The van der Waals surface area contributed by atoms with Gasteiger partial charge in [0.25, 0.3) is 5.91 Å². The molecule has 2 amide bonds. The number of likely N-dealkylation sites (tertiary alicyclic amines) is 1. The van der Waals surface area contributed by atoms with Crippen LogP contribution >= 0.6 is 0 Å². The molecule has 1 aromatic carbocycles. The van der Waals surface area contributed by atoms with E-state index in [1.165, 1.54) is 18.5 Å². The molecule has 29 heavy (non-hydrogen) atoms. The summed E-state index contributed by atoms with van der Waals surface area (Å²) in [6, 6.07) is 7.88. The zero-order valence-corrected chi connectivity index (χ0v) is 18.2. The fraction of sp³-hybridized carbons (Fsp3) is 0.652. The van der Waals surface area contributed by atoms with Crippen molar-refractivity contribution in [3.05, 3.63) is 29.8 Å². The number of nitrogens with one attached hydrogen (secondary N) is 1. The Morgan fingerprint density at radius 1 is 0.931 bits per heavy atom. The summed E-state index contributed by atoms with van der Waals surface area (Å²) in [5, 5.41) is 2.66. The van der Waals surface area contributed by atoms with Crippen molar-refractivity contribution in [2.45, 2.75) is 52.1 Å². The van der Waals surface area contributed by atoms with Gasteiger partial charge in [-0.05, 0) is 82.6 Å². The predicted molar refractivity (Wildman–Crippen MR) is 115 cm³/mol. The van der Waals surface area contributed by atoms with Gasteiger partial charge in [0.15, 0.2) is 0 Å². The normalized spacial score (nSPS) is 19.2. The van der Waals surface area contributed by atoms with Crippen molar-refractivity contribution in [2.75, 3.05) is 38.1 Å². The van der Waals surface area contributed by atoms with Gasteiger partial charge in [-0.1, -0.05) is 0 Å². The second kappa shape index (κ2) is 9.06. The fourth-order valence-electron chi connectivity index (χ4n) is 4.48. The molecule has 1 N–H and O–H groups in total. The molecular weight excluding hydrogens is 366 g/mol. The molecule has 6 heteroatoms. The Bertz CT molecular complexity index is 695. The number of piperidine rings is 2. The van der Waals surface area contributed by atoms with Crippen LogP contribution in [-0.2, 0) is 4.74 Å². The SMILES string of the molecule is CNC(=O)c1ccc(N2CCC(C3CCN(C(=O)OC(C)(C)C)CC3)CC2)cc1. The summed E-state index contributed by atoms with van der Waals surface area (Å²) in [7, 11) is 1.65. The van der Waals surface area contributed by atoms with Crippen molar-refractivity contribution in [2.24, 2.45) is 11.8 Å². The van der Waals surface area contributed by atoms with Gasteiger partial charge >= 0.3 is 6.09 Å². The smallest absolute Gasteiger partial charge is 0.410 e. The zero-order chi connectivity index (χ0) is 21.0. The number of benzene rings is 1. The van der Waals surface area contributed by atoms with E-state index in [9.17, 15) is 9.59 Å². The van der Waals surface area contributed by atoms with Crippen molar-refractivity contribution in [1.29, 1.82) is 0 Å². The highest BCUT2D eigenvalue weighted by atomic mass is 16.6. The van der Waals surface area contributed by atoms with Gasteiger partial charge < -0.3 is 19.9 Å². The lowest BCUT2D eigenvalue weighted by Crippen LogP contribution is -2.44. The number of anilines is 1. The van der Waals surface area contributed by atoms with E-state index in [1.54, 1.807) is 7.05 Å². The van der Waals surface area contributed by atoms with Crippen molar-refractivity contribution >= 4 is 17.7 Å². The molecule has 6 nitrogen and oxygen atoms in total. The summed E-state index contributed by atoms with van der Waals surface area (Å²) >= 11 is 0. The van der Waals surface area contributed by atoms with Gasteiger partial charge in [0.05, 0.1) is 0 Å². The third-order valence-electron chi connectivity index (χ3n) is 6.12. The third kappa shape index (κ3) is 5.64. The Hall–Kier alpha value is -2.24. The Balaban J connectivity index is 1.45. The quantitative estimate of drug-likeness (QED) is 0.834.